The summed E-state index contributed by atoms with van der Waals surface area (Å²) in [7, 11) is 0. The van der Waals surface area contributed by atoms with Crippen LogP contribution in [0.4, 0.5) is 0 Å². The van der Waals surface area contributed by atoms with Crippen molar-refractivity contribution in [2.75, 3.05) is 13.1 Å². The Morgan fingerprint density at radius 2 is 1.96 bits per heavy atom. The van der Waals surface area contributed by atoms with Crippen LogP contribution in [0.25, 0.3) is 0 Å². The number of nitrogens with zero attached hydrogens (tertiary/aromatic N) is 3. The monoisotopic (exact) mass is 326 g/mol. The van der Waals surface area contributed by atoms with E-state index < -0.39 is 0 Å². The minimum absolute atomic E-state index is 0.119. The van der Waals surface area contributed by atoms with Gasteiger partial charge < -0.3 is 10.2 Å². The Labute approximate surface area is 143 Å². The predicted octanol–water partition coefficient (Wildman–Crippen LogP) is 2.37. The Morgan fingerprint density at radius 3 is 2.58 bits per heavy atom. The van der Waals surface area contributed by atoms with Gasteiger partial charge in [0.1, 0.15) is 0 Å². The summed E-state index contributed by atoms with van der Waals surface area (Å²) in [6.45, 7) is 10.6. The van der Waals surface area contributed by atoms with Crippen LogP contribution in [0.5, 0.6) is 0 Å². The summed E-state index contributed by atoms with van der Waals surface area (Å²) in [4.78, 5) is 14.7. The molecule has 1 N–H and O–H groups in total. The van der Waals surface area contributed by atoms with Crippen LogP contribution in [0.15, 0.2) is 30.3 Å². The number of nitrogens with one attached hydrogen (secondary N) is 1. The molecule has 1 aliphatic rings. The molecule has 24 heavy (non-hydrogen) atoms. The number of amides is 1. The SMILES string of the molecule is Cc1cc(C)n(Cc2ccc(C(=O)N3CCNC(C)C3C)cc2)n1. The quantitative estimate of drug-likeness (QED) is 0.942. The van der Waals surface area contributed by atoms with Gasteiger partial charge in [-0.3, -0.25) is 9.48 Å². The highest BCUT2D eigenvalue weighted by atomic mass is 16.2. The second-order valence-electron chi connectivity index (χ2n) is 6.76. The van der Waals surface area contributed by atoms with Gasteiger partial charge in [0.05, 0.1) is 12.2 Å². The Bertz CT molecular complexity index is 719. The molecule has 5 nitrogen and oxygen atoms in total. The Balaban J connectivity index is 1.72. The number of hydrogen-bond donors (Lipinski definition) is 1. The van der Waals surface area contributed by atoms with E-state index in [4.69, 9.17) is 0 Å². The lowest BCUT2D eigenvalue weighted by Gasteiger charge is -2.38. The maximum absolute atomic E-state index is 12.8. The summed E-state index contributed by atoms with van der Waals surface area (Å²) in [6, 6.07) is 10.5. The lowest BCUT2D eigenvalue weighted by atomic mass is 10.0. The fraction of sp³-hybridized carbons (Fsp3) is 0.474. The van der Waals surface area contributed by atoms with Crippen molar-refractivity contribution < 1.29 is 4.79 Å². The molecule has 2 heterocycles. The normalized spacial score (nSPS) is 21.1. The zero-order chi connectivity index (χ0) is 17.3. The molecule has 5 heteroatoms. The fourth-order valence-corrected chi connectivity index (χ4v) is 3.27. The smallest absolute Gasteiger partial charge is 0.254 e. The maximum Gasteiger partial charge on any atom is 0.254 e. The van der Waals surface area contributed by atoms with Crippen LogP contribution in [-0.4, -0.2) is 45.8 Å². The van der Waals surface area contributed by atoms with Crippen molar-refractivity contribution in [1.82, 2.24) is 20.0 Å². The number of aryl methyl sites for hydroxylation is 2. The maximum atomic E-state index is 12.8. The van der Waals surface area contributed by atoms with Crippen LogP contribution in [0.3, 0.4) is 0 Å². The molecule has 3 rings (SSSR count). The van der Waals surface area contributed by atoms with Gasteiger partial charge in [0.2, 0.25) is 0 Å². The molecule has 0 aliphatic carbocycles. The molecule has 1 aromatic heterocycles. The van der Waals surface area contributed by atoms with E-state index in [1.807, 2.05) is 40.8 Å². The second kappa shape index (κ2) is 6.77. The summed E-state index contributed by atoms with van der Waals surface area (Å²) in [5.74, 6) is 0.119. The summed E-state index contributed by atoms with van der Waals surface area (Å²) in [5.41, 5.74) is 4.09. The third kappa shape index (κ3) is 3.36. The molecule has 128 valence electrons. The largest absolute Gasteiger partial charge is 0.333 e. The zero-order valence-corrected chi connectivity index (χ0v) is 14.9. The lowest BCUT2D eigenvalue weighted by molar-refractivity contribution is 0.0603. The molecule has 0 saturated carbocycles. The van der Waals surface area contributed by atoms with Gasteiger partial charge >= 0.3 is 0 Å². The van der Waals surface area contributed by atoms with Gasteiger partial charge in [-0.15, -0.1) is 0 Å². The number of hydrogen-bond acceptors (Lipinski definition) is 3. The molecule has 0 radical (unpaired) electrons. The van der Waals surface area contributed by atoms with Crippen LogP contribution in [0, 0.1) is 13.8 Å². The Kier molecular flexibility index (Phi) is 4.71. The van der Waals surface area contributed by atoms with Crippen LogP contribution < -0.4 is 5.32 Å². The lowest BCUT2D eigenvalue weighted by Crippen LogP contribution is -2.57. The zero-order valence-electron chi connectivity index (χ0n) is 14.9. The van der Waals surface area contributed by atoms with Gasteiger partial charge in [0.15, 0.2) is 0 Å². The molecule has 2 aromatic rings. The number of carbonyl (C=O) groups excluding carboxylic acids is 1. The topological polar surface area (TPSA) is 50.2 Å². The van der Waals surface area contributed by atoms with Crippen molar-refractivity contribution in [2.24, 2.45) is 0 Å². The van der Waals surface area contributed by atoms with Crippen molar-refractivity contribution in [2.45, 2.75) is 46.3 Å². The molecular formula is C19H26N4O. The van der Waals surface area contributed by atoms with Gasteiger partial charge in [0.25, 0.3) is 5.91 Å². The fourth-order valence-electron chi connectivity index (χ4n) is 3.27. The van der Waals surface area contributed by atoms with Crippen LogP contribution in [0.2, 0.25) is 0 Å². The van der Waals surface area contributed by atoms with Crippen molar-refractivity contribution in [3.05, 3.63) is 52.8 Å². The van der Waals surface area contributed by atoms with Crippen LogP contribution >= 0.6 is 0 Å². The predicted molar refractivity (Wildman–Crippen MR) is 95.2 cm³/mol. The molecule has 2 atom stereocenters. The van der Waals surface area contributed by atoms with Gasteiger partial charge in [-0.25, -0.2) is 0 Å². The highest BCUT2D eigenvalue weighted by Crippen LogP contribution is 2.15. The standard InChI is InChI=1S/C19H26N4O/c1-13-11-14(2)23(21-13)12-17-5-7-18(8-6-17)19(24)22-10-9-20-15(3)16(22)4/h5-8,11,15-16,20H,9-10,12H2,1-4H3. The summed E-state index contributed by atoms with van der Waals surface area (Å²) < 4.78 is 1.99. The number of benzene rings is 1. The van der Waals surface area contributed by atoms with Crippen LogP contribution in [-0.2, 0) is 6.54 Å². The van der Waals surface area contributed by atoms with Gasteiger partial charge in [-0.05, 0) is 51.5 Å². The van der Waals surface area contributed by atoms with Crippen molar-refractivity contribution in [1.29, 1.82) is 0 Å². The van der Waals surface area contributed by atoms with Crippen molar-refractivity contribution in [3.8, 4) is 0 Å². The van der Waals surface area contributed by atoms with E-state index in [1.54, 1.807) is 0 Å². The van der Waals surface area contributed by atoms with Gasteiger partial charge in [0, 0.05) is 36.4 Å². The first-order chi connectivity index (χ1) is 11.5. The molecule has 2 unspecified atom stereocenters. The molecule has 1 amide bonds. The highest BCUT2D eigenvalue weighted by Gasteiger charge is 2.28. The Morgan fingerprint density at radius 1 is 1.25 bits per heavy atom. The van der Waals surface area contributed by atoms with E-state index >= 15 is 0 Å². The molecule has 0 spiro atoms. The van der Waals surface area contributed by atoms with E-state index in [0.29, 0.717) is 6.04 Å². The van der Waals surface area contributed by atoms with Crippen molar-refractivity contribution >= 4 is 5.91 Å². The average Bonchev–Trinajstić information content (AvgIpc) is 2.87. The average molecular weight is 326 g/mol. The number of aromatic nitrogens is 2. The first kappa shape index (κ1) is 16.7. The molecule has 1 aromatic carbocycles. The third-order valence-electron chi connectivity index (χ3n) is 4.93. The number of carbonyl (C=O) groups is 1. The highest BCUT2D eigenvalue weighted by molar-refractivity contribution is 5.94. The number of piperazine rings is 1. The van der Waals surface area contributed by atoms with E-state index in [1.165, 1.54) is 0 Å². The number of rotatable bonds is 3. The molecule has 1 aliphatic heterocycles. The van der Waals surface area contributed by atoms with Crippen LogP contribution in [0.1, 0.15) is 41.2 Å². The second-order valence-corrected chi connectivity index (χ2v) is 6.76. The summed E-state index contributed by atoms with van der Waals surface area (Å²) in [6.07, 6.45) is 0. The summed E-state index contributed by atoms with van der Waals surface area (Å²) >= 11 is 0. The molecule has 0 bridgehead atoms. The van der Waals surface area contributed by atoms with E-state index in [-0.39, 0.29) is 11.9 Å². The first-order valence-electron chi connectivity index (χ1n) is 8.60. The van der Waals surface area contributed by atoms with Gasteiger partial charge in [-0.2, -0.15) is 5.10 Å². The molecular weight excluding hydrogens is 300 g/mol. The minimum atomic E-state index is 0.119. The summed E-state index contributed by atoms with van der Waals surface area (Å²) in [5, 5.41) is 7.90. The van der Waals surface area contributed by atoms with E-state index in [2.05, 4.69) is 37.3 Å². The van der Waals surface area contributed by atoms with E-state index in [0.717, 1.165) is 42.1 Å². The minimum Gasteiger partial charge on any atom is -0.333 e. The van der Waals surface area contributed by atoms with Crippen molar-refractivity contribution in [3.63, 3.8) is 0 Å². The van der Waals surface area contributed by atoms with E-state index in [9.17, 15) is 4.79 Å². The van der Waals surface area contributed by atoms with Gasteiger partial charge in [-0.1, -0.05) is 12.1 Å². The first-order valence-corrected chi connectivity index (χ1v) is 8.60. The Hall–Kier alpha value is -2.14. The third-order valence-corrected chi connectivity index (χ3v) is 4.93. The molecule has 1 saturated heterocycles. The molecule has 1 fully saturated rings.